The van der Waals surface area contributed by atoms with Crippen molar-refractivity contribution in [3.63, 3.8) is 0 Å². The molecule has 4 amide bonds. The predicted molar refractivity (Wildman–Crippen MR) is 170 cm³/mol. The van der Waals surface area contributed by atoms with E-state index in [1.165, 1.54) is 4.90 Å². The zero-order valence-electron chi connectivity index (χ0n) is 27.0. The molecule has 3 fully saturated rings. The number of sulfonamides is 1. The van der Waals surface area contributed by atoms with Gasteiger partial charge in [0.05, 0.1) is 17.4 Å². The Labute approximate surface area is 275 Å². The molecule has 5 rings (SSSR count). The van der Waals surface area contributed by atoms with E-state index < -0.39 is 80.3 Å². The van der Waals surface area contributed by atoms with Gasteiger partial charge < -0.3 is 25.0 Å². The number of alkyl carbamates (subject to hydrolysis) is 1. The molecular weight excluding hydrogens is 628 g/mol. The Bertz CT molecular complexity index is 1520. The van der Waals surface area contributed by atoms with Gasteiger partial charge in [-0.05, 0) is 71.4 Å². The molecule has 0 radical (unpaired) electrons. The number of nitrogens with zero attached hydrogens (tertiary/aromatic N) is 1. The van der Waals surface area contributed by atoms with Gasteiger partial charge in [0.1, 0.15) is 29.3 Å². The highest BCUT2D eigenvalue weighted by molar-refractivity contribution is 7.91. The van der Waals surface area contributed by atoms with Gasteiger partial charge in [0.15, 0.2) is 0 Å². The molecule has 4 aliphatic rings. The number of ether oxygens (including phenoxy) is 2. The van der Waals surface area contributed by atoms with Crippen LogP contribution in [0.1, 0.15) is 88.9 Å². The Morgan fingerprint density at radius 3 is 2.43 bits per heavy atom. The molecule has 2 aliphatic heterocycles. The fourth-order valence-electron chi connectivity index (χ4n) is 6.09. The summed E-state index contributed by atoms with van der Waals surface area (Å²) >= 11 is 0. The van der Waals surface area contributed by atoms with Crippen LogP contribution in [0.2, 0.25) is 0 Å². The smallest absolute Gasteiger partial charge is 0.408 e. The number of esters is 1. The second-order valence-electron chi connectivity index (χ2n) is 13.8. The number of carbonyl (C=O) groups is 5. The van der Waals surface area contributed by atoms with Crippen molar-refractivity contribution in [1.82, 2.24) is 20.3 Å². The highest BCUT2D eigenvalue weighted by Gasteiger charge is 2.62. The first-order valence-electron chi connectivity index (χ1n) is 16.3. The molecule has 0 bridgehead atoms. The Kier molecular flexibility index (Phi) is 9.99. The summed E-state index contributed by atoms with van der Waals surface area (Å²) in [6.07, 6.45) is 6.27. The summed E-state index contributed by atoms with van der Waals surface area (Å²) in [6.45, 7) is 4.99. The van der Waals surface area contributed by atoms with Crippen LogP contribution >= 0.6 is 0 Å². The second-order valence-corrected chi connectivity index (χ2v) is 15.8. The van der Waals surface area contributed by atoms with Gasteiger partial charge in [0.2, 0.25) is 21.8 Å². The minimum absolute atomic E-state index is 0.0616. The van der Waals surface area contributed by atoms with Gasteiger partial charge in [-0.25, -0.2) is 18.0 Å². The van der Waals surface area contributed by atoms with Crippen molar-refractivity contribution in [2.75, 3.05) is 6.54 Å². The summed E-state index contributed by atoms with van der Waals surface area (Å²) in [5, 5.41) is 4.83. The molecule has 1 aromatic carbocycles. The van der Waals surface area contributed by atoms with Crippen molar-refractivity contribution in [3.8, 4) is 0 Å². The molecule has 14 heteroatoms. The maximum atomic E-state index is 14.2. The number of hydrogen-bond acceptors (Lipinski definition) is 9. The van der Waals surface area contributed by atoms with Crippen molar-refractivity contribution in [2.24, 2.45) is 5.92 Å². The number of allylic oxidation sites excluding steroid dienone is 1. The highest BCUT2D eigenvalue weighted by Crippen LogP contribution is 2.46. The molecule has 2 heterocycles. The van der Waals surface area contributed by atoms with E-state index in [1.807, 2.05) is 12.2 Å². The van der Waals surface area contributed by atoms with Gasteiger partial charge in [-0.3, -0.25) is 19.1 Å². The van der Waals surface area contributed by atoms with E-state index in [1.54, 1.807) is 51.1 Å². The standard InChI is InChI=1S/C33H44N4O9S/c1-32(2,3)46-31(42)34-25-15-11-6-4-5-10-14-22-19-33(22,30(41)36-47(43,44)24-16-17-24)35-27(38)26-18-23(20-37(26)28(25)39)45-29(40)21-12-8-7-9-13-21/h7-10,12-14,22-26H,4-6,11,15-20H2,1-3H3,(H,34,42)(H,35,38)(H,36,41)/b14-10+. The fourth-order valence-corrected chi connectivity index (χ4v) is 7.45. The first-order chi connectivity index (χ1) is 22.2. The van der Waals surface area contributed by atoms with E-state index in [0.717, 1.165) is 12.8 Å². The van der Waals surface area contributed by atoms with Crippen molar-refractivity contribution < 1.29 is 41.9 Å². The van der Waals surface area contributed by atoms with Gasteiger partial charge in [-0.1, -0.05) is 43.2 Å². The monoisotopic (exact) mass is 672 g/mol. The number of fused-ring (bicyclic) bond motifs is 2. The first kappa shape index (κ1) is 34.4. The topological polar surface area (TPSA) is 177 Å². The van der Waals surface area contributed by atoms with E-state index in [2.05, 4.69) is 15.4 Å². The van der Waals surface area contributed by atoms with E-state index >= 15 is 0 Å². The van der Waals surface area contributed by atoms with Gasteiger partial charge >= 0.3 is 12.1 Å². The largest absolute Gasteiger partial charge is 0.457 e. The van der Waals surface area contributed by atoms with E-state index in [9.17, 15) is 32.4 Å². The Morgan fingerprint density at radius 1 is 1.02 bits per heavy atom. The van der Waals surface area contributed by atoms with Gasteiger partial charge in [-0.2, -0.15) is 0 Å². The summed E-state index contributed by atoms with van der Waals surface area (Å²) in [5.41, 5.74) is -2.02. The number of nitrogens with one attached hydrogen (secondary N) is 3. The summed E-state index contributed by atoms with van der Waals surface area (Å²) < 4.78 is 38.7. The summed E-state index contributed by atoms with van der Waals surface area (Å²) in [6, 6.07) is 6.12. The SMILES string of the molecule is CC(C)(C)OC(=O)NC1CCCCC/C=C/C2CC2(C(=O)NS(=O)(=O)C2CC2)NC(=O)C2CC(OC(=O)c3ccccc3)CN2C1=O. The van der Waals surface area contributed by atoms with E-state index in [4.69, 9.17) is 9.47 Å². The number of hydrogen-bond donors (Lipinski definition) is 3. The van der Waals surface area contributed by atoms with Crippen molar-refractivity contribution in [1.29, 1.82) is 0 Å². The molecule has 13 nitrogen and oxygen atoms in total. The lowest BCUT2D eigenvalue weighted by Gasteiger charge is -2.30. The van der Waals surface area contributed by atoms with E-state index in [0.29, 0.717) is 31.2 Å². The predicted octanol–water partition coefficient (Wildman–Crippen LogP) is 2.71. The minimum Gasteiger partial charge on any atom is -0.457 e. The van der Waals surface area contributed by atoms with Crippen LogP contribution in [0.5, 0.6) is 0 Å². The summed E-state index contributed by atoms with van der Waals surface area (Å²) in [4.78, 5) is 68.7. The summed E-state index contributed by atoms with van der Waals surface area (Å²) in [7, 11) is -3.89. The maximum Gasteiger partial charge on any atom is 0.408 e. The third-order valence-corrected chi connectivity index (χ3v) is 10.6. The van der Waals surface area contributed by atoms with Gasteiger partial charge in [-0.15, -0.1) is 0 Å². The zero-order chi connectivity index (χ0) is 34.0. The highest BCUT2D eigenvalue weighted by atomic mass is 32.2. The average Bonchev–Trinajstić information content (AvgIpc) is 3.92. The van der Waals surface area contributed by atoms with Gasteiger partial charge in [0, 0.05) is 12.3 Å². The van der Waals surface area contributed by atoms with Crippen molar-refractivity contribution in [3.05, 3.63) is 48.0 Å². The second kappa shape index (κ2) is 13.7. The van der Waals surface area contributed by atoms with Crippen LogP contribution in [-0.4, -0.2) is 84.2 Å². The molecule has 1 aromatic rings. The van der Waals surface area contributed by atoms with Crippen LogP contribution in [-0.2, 0) is 33.9 Å². The zero-order valence-corrected chi connectivity index (χ0v) is 27.8. The number of rotatable bonds is 6. The van der Waals surface area contributed by atoms with Crippen LogP contribution in [0.3, 0.4) is 0 Å². The van der Waals surface area contributed by atoms with Crippen LogP contribution in [0.4, 0.5) is 4.79 Å². The number of amides is 4. The lowest BCUT2D eigenvalue weighted by atomic mass is 10.0. The molecule has 1 saturated heterocycles. The molecule has 5 atom stereocenters. The third kappa shape index (κ3) is 8.51. The lowest BCUT2D eigenvalue weighted by molar-refractivity contribution is -0.141. The molecule has 47 heavy (non-hydrogen) atoms. The summed E-state index contributed by atoms with van der Waals surface area (Å²) in [5.74, 6) is -3.11. The third-order valence-electron chi connectivity index (χ3n) is 8.82. The fraction of sp³-hybridized carbons (Fsp3) is 0.606. The number of benzene rings is 1. The molecule has 0 aromatic heterocycles. The van der Waals surface area contributed by atoms with Crippen molar-refractivity contribution in [2.45, 2.75) is 113 Å². The Morgan fingerprint density at radius 2 is 1.74 bits per heavy atom. The maximum absolute atomic E-state index is 14.2. The normalized spacial score (nSPS) is 29.1. The molecular formula is C33H44N4O9S. The van der Waals surface area contributed by atoms with Crippen LogP contribution in [0, 0.1) is 5.92 Å². The van der Waals surface area contributed by atoms with E-state index in [-0.39, 0.29) is 25.8 Å². The number of carbonyl (C=O) groups excluding carboxylic acids is 5. The molecule has 2 saturated carbocycles. The van der Waals surface area contributed by atoms with Crippen molar-refractivity contribution >= 4 is 39.8 Å². The van der Waals surface area contributed by atoms with Gasteiger partial charge in [0.25, 0.3) is 5.91 Å². The molecule has 256 valence electrons. The molecule has 2 aliphatic carbocycles. The molecule has 0 spiro atoms. The molecule has 3 N–H and O–H groups in total. The quantitative estimate of drug-likeness (QED) is 0.303. The van der Waals surface area contributed by atoms with Crippen LogP contribution in [0.25, 0.3) is 0 Å². The van der Waals surface area contributed by atoms with Crippen LogP contribution < -0.4 is 15.4 Å². The average molecular weight is 673 g/mol. The minimum atomic E-state index is -3.89. The Hall–Kier alpha value is -3.94. The van der Waals surface area contributed by atoms with Crippen LogP contribution in [0.15, 0.2) is 42.5 Å². The molecule has 5 unspecified atom stereocenters. The first-order valence-corrected chi connectivity index (χ1v) is 17.8. The Balaban J connectivity index is 1.42. The lowest BCUT2D eigenvalue weighted by Crippen LogP contribution is -2.58.